The van der Waals surface area contributed by atoms with Crippen molar-refractivity contribution in [3.8, 4) is 0 Å². The van der Waals surface area contributed by atoms with E-state index in [0.29, 0.717) is 6.61 Å². The van der Waals surface area contributed by atoms with Gasteiger partial charge < -0.3 is 18.6 Å². The molecule has 4 nitrogen and oxygen atoms in total. The van der Waals surface area contributed by atoms with Crippen molar-refractivity contribution < 1.29 is 18.6 Å². The summed E-state index contributed by atoms with van der Waals surface area (Å²) in [6, 6.07) is 21.2. The lowest BCUT2D eigenvalue weighted by Gasteiger charge is -2.43. The quantitative estimate of drug-likeness (QED) is 0.513. The zero-order valence-electron chi connectivity index (χ0n) is 18.3. The standard InChI is InChI=1S/C24H31ClO4Si/c1-23(2,3)30(17-12-8-6-9-13-17,18-14-10-7-11-15-18)26-16-19-20-21(22(25)27-19)29-24(4,5)28-20/h6-15,19-22H,16H2,1-5H3/t19-,20-,21-,22-/m1/s1. The molecule has 0 unspecified atom stereocenters. The molecule has 2 aliphatic rings. The maximum atomic E-state index is 6.99. The molecule has 2 aromatic carbocycles. The molecule has 2 aliphatic heterocycles. The summed E-state index contributed by atoms with van der Waals surface area (Å²) in [5.41, 5.74) is -0.537. The van der Waals surface area contributed by atoms with E-state index in [4.69, 9.17) is 30.2 Å². The zero-order valence-corrected chi connectivity index (χ0v) is 20.1. The Balaban J connectivity index is 1.69. The first-order chi connectivity index (χ1) is 14.1. The lowest BCUT2D eigenvalue weighted by molar-refractivity contribution is -0.181. The normalized spacial score (nSPS) is 28.5. The van der Waals surface area contributed by atoms with E-state index < -0.39 is 19.7 Å². The largest absolute Gasteiger partial charge is 0.405 e. The summed E-state index contributed by atoms with van der Waals surface area (Å²) in [4.78, 5) is 0. The van der Waals surface area contributed by atoms with Crippen LogP contribution in [0, 0.1) is 0 Å². The average molecular weight is 447 g/mol. The molecule has 0 aliphatic carbocycles. The summed E-state index contributed by atoms with van der Waals surface area (Å²) in [6.45, 7) is 11.0. The molecule has 2 heterocycles. The van der Waals surface area contributed by atoms with Crippen molar-refractivity contribution in [2.75, 3.05) is 6.61 Å². The van der Waals surface area contributed by atoms with Crippen molar-refractivity contribution in [1.29, 1.82) is 0 Å². The molecule has 0 N–H and O–H groups in total. The van der Waals surface area contributed by atoms with Crippen molar-refractivity contribution in [1.82, 2.24) is 0 Å². The highest BCUT2D eigenvalue weighted by atomic mass is 35.5. The SMILES string of the molecule is CC1(C)O[C@@H]2[C@H](O1)[C@@H](CO[Si](c1ccccc1)(c1ccccc1)C(C)(C)C)O[C@H]2Cl. The maximum Gasteiger partial charge on any atom is 0.261 e. The highest BCUT2D eigenvalue weighted by molar-refractivity contribution is 6.99. The number of alkyl halides is 1. The average Bonchev–Trinajstić information content (AvgIpc) is 3.17. The van der Waals surface area contributed by atoms with Gasteiger partial charge in [-0.05, 0) is 29.3 Å². The monoisotopic (exact) mass is 446 g/mol. The lowest BCUT2D eigenvalue weighted by Crippen LogP contribution is -2.67. The van der Waals surface area contributed by atoms with Gasteiger partial charge >= 0.3 is 0 Å². The molecule has 0 radical (unpaired) electrons. The first-order valence-corrected chi connectivity index (χ1v) is 12.9. The van der Waals surface area contributed by atoms with Gasteiger partial charge in [0.1, 0.15) is 18.3 Å². The van der Waals surface area contributed by atoms with Gasteiger partial charge in [-0.15, -0.1) is 0 Å². The van der Waals surface area contributed by atoms with E-state index in [0.717, 1.165) is 0 Å². The van der Waals surface area contributed by atoms with E-state index >= 15 is 0 Å². The number of ether oxygens (including phenoxy) is 3. The molecular weight excluding hydrogens is 416 g/mol. The van der Waals surface area contributed by atoms with Crippen molar-refractivity contribution in [2.45, 2.75) is 69.3 Å². The fourth-order valence-electron chi connectivity index (χ4n) is 4.73. The Bertz CT molecular complexity index is 813. The molecule has 0 aromatic heterocycles. The van der Waals surface area contributed by atoms with Gasteiger partial charge in [0.25, 0.3) is 8.32 Å². The Morgan fingerprint density at radius 1 is 0.900 bits per heavy atom. The molecule has 2 aromatic rings. The fourth-order valence-corrected chi connectivity index (χ4v) is 9.63. The summed E-state index contributed by atoms with van der Waals surface area (Å²) < 4.78 is 25.1. The second-order valence-corrected chi connectivity index (χ2v) is 14.3. The maximum absolute atomic E-state index is 6.99. The van der Waals surface area contributed by atoms with Crippen molar-refractivity contribution in [3.63, 3.8) is 0 Å². The van der Waals surface area contributed by atoms with Gasteiger partial charge in [0.05, 0.1) is 6.61 Å². The number of rotatable bonds is 5. The molecule has 4 atom stereocenters. The van der Waals surface area contributed by atoms with Crippen LogP contribution in [0.4, 0.5) is 0 Å². The lowest BCUT2D eigenvalue weighted by atomic mass is 10.2. The number of hydrogen-bond acceptors (Lipinski definition) is 4. The number of benzene rings is 2. The van der Waals surface area contributed by atoms with Crippen LogP contribution in [-0.2, 0) is 18.6 Å². The predicted molar refractivity (Wildman–Crippen MR) is 122 cm³/mol. The zero-order chi connectivity index (χ0) is 21.6. The second kappa shape index (κ2) is 8.04. The highest BCUT2D eigenvalue weighted by Gasteiger charge is 2.56. The molecule has 4 rings (SSSR count). The topological polar surface area (TPSA) is 36.9 Å². The molecule has 162 valence electrons. The first-order valence-electron chi connectivity index (χ1n) is 10.5. The minimum atomic E-state index is -2.64. The first kappa shape index (κ1) is 22.0. The van der Waals surface area contributed by atoms with Crippen molar-refractivity contribution in [2.24, 2.45) is 0 Å². The molecule has 2 fully saturated rings. The van der Waals surface area contributed by atoms with E-state index in [-0.39, 0.29) is 23.4 Å². The Kier molecular flexibility index (Phi) is 5.90. The van der Waals surface area contributed by atoms with Crippen molar-refractivity contribution >= 4 is 30.3 Å². The third kappa shape index (κ3) is 3.88. The number of halogens is 1. The van der Waals surface area contributed by atoms with Crippen LogP contribution < -0.4 is 10.4 Å². The molecule has 0 saturated carbocycles. The van der Waals surface area contributed by atoms with Crippen LogP contribution in [0.2, 0.25) is 5.04 Å². The molecule has 0 spiro atoms. The van der Waals surface area contributed by atoms with Gasteiger partial charge in [-0.1, -0.05) is 93.0 Å². The van der Waals surface area contributed by atoms with Crippen LogP contribution in [0.3, 0.4) is 0 Å². The minimum Gasteiger partial charge on any atom is -0.405 e. The van der Waals surface area contributed by atoms with Gasteiger partial charge in [0.2, 0.25) is 0 Å². The molecule has 30 heavy (non-hydrogen) atoms. The number of hydrogen-bond donors (Lipinski definition) is 0. The Hall–Kier alpha value is -1.21. The highest BCUT2D eigenvalue weighted by Crippen LogP contribution is 2.42. The molecule has 2 saturated heterocycles. The summed E-state index contributed by atoms with van der Waals surface area (Å²) in [5.74, 6) is -0.665. The van der Waals surface area contributed by atoms with Gasteiger partial charge in [-0.2, -0.15) is 0 Å². The van der Waals surface area contributed by atoms with Gasteiger partial charge in [0.15, 0.2) is 11.4 Å². The van der Waals surface area contributed by atoms with E-state index in [1.165, 1.54) is 10.4 Å². The van der Waals surface area contributed by atoms with Crippen LogP contribution in [0.1, 0.15) is 34.6 Å². The Morgan fingerprint density at radius 3 is 1.90 bits per heavy atom. The minimum absolute atomic E-state index is 0.0968. The van der Waals surface area contributed by atoms with E-state index in [1.807, 2.05) is 26.0 Å². The van der Waals surface area contributed by atoms with Crippen LogP contribution in [0.15, 0.2) is 60.7 Å². The smallest absolute Gasteiger partial charge is 0.261 e. The Labute approximate surface area is 185 Å². The third-order valence-electron chi connectivity index (χ3n) is 5.97. The van der Waals surface area contributed by atoms with Gasteiger partial charge in [0, 0.05) is 0 Å². The van der Waals surface area contributed by atoms with E-state index in [1.54, 1.807) is 0 Å². The van der Waals surface area contributed by atoms with E-state index in [9.17, 15) is 0 Å². The summed E-state index contributed by atoms with van der Waals surface area (Å²) in [5, 5.41) is 2.38. The summed E-state index contributed by atoms with van der Waals surface area (Å²) in [6.07, 6.45) is -0.795. The fraction of sp³-hybridized carbons (Fsp3) is 0.500. The molecule has 6 heteroatoms. The van der Waals surface area contributed by atoms with Crippen LogP contribution in [0.5, 0.6) is 0 Å². The van der Waals surface area contributed by atoms with Crippen LogP contribution >= 0.6 is 11.6 Å². The van der Waals surface area contributed by atoms with Crippen molar-refractivity contribution in [3.05, 3.63) is 60.7 Å². The molecular formula is C24H31ClO4Si. The van der Waals surface area contributed by atoms with Gasteiger partial charge in [-0.25, -0.2) is 0 Å². The predicted octanol–water partition coefficient (Wildman–Crippen LogP) is 4.05. The van der Waals surface area contributed by atoms with Gasteiger partial charge in [-0.3, -0.25) is 0 Å². The molecule has 0 bridgehead atoms. The summed E-state index contributed by atoms with van der Waals surface area (Å²) >= 11 is 6.44. The second-order valence-electron chi connectivity index (χ2n) is 9.56. The Morgan fingerprint density at radius 2 is 1.40 bits per heavy atom. The third-order valence-corrected chi connectivity index (χ3v) is 11.3. The van der Waals surface area contributed by atoms with Crippen LogP contribution in [-0.4, -0.2) is 44.6 Å². The van der Waals surface area contributed by atoms with Crippen LogP contribution in [0.25, 0.3) is 0 Å². The number of fused-ring (bicyclic) bond motifs is 1. The van der Waals surface area contributed by atoms with E-state index in [2.05, 4.69) is 69.3 Å². The molecule has 0 amide bonds. The summed E-state index contributed by atoms with van der Waals surface area (Å²) in [7, 11) is -2.64.